The third kappa shape index (κ3) is 5.55. The van der Waals surface area contributed by atoms with E-state index in [1.807, 2.05) is 0 Å². The molecule has 3 N–H and O–H groups in total. The van der Waals surface area contributed by atoms with Gasteiger partial charge >= 0.3 is 0 Å². The molecule has 0 heterocycles. The largest absolute Gasteiger partial charge is 0.400 e. The van der Waals surface area contributed by atoms with Gasteiger partial charge in [-0.2, -0.15) is 0 Å². The molecule has 0 unspecified atom stereocenters. The first kappa shape index (κ1) is 19.9. The molecule has 0 aromatic heterocycles. The maximum Gasteiger partial charge on any atom is 0.0319 e. The van der Waals surface area contributed by atoms with Gasteiger partial charge < -0.3 is 10.8 Å². The van der Waals surface area contributed by atoms with Crippen LogP contribution >= 0.6 is 0 Å². The van der Waals surface area contributed by atoms with Gasteiger partial charge in [-0.3, -0.25) is 0 Å². The minimum Gasteiger partial charge on any atom is -0.400 e. The van der Waals surface area contributed by atoms with Crippen LogP contribution in [-0.2, 0) is 12.8 Å². The zero-order chi connectivity index (χ0) is 18.3. The summed E-state index contributed by atoms with van der Waals surface area (Å²) < 4.78 is 0. The monoisotopic (exact) mass is 341 g/mol. The number of nitrogens with two attached hydrogens (primary N) is 1. The highest BCUT2D eigenvalue weighted by Crippen LogP contribution is 2.40. The Balaban J connectivity index is 0.00000109. The predicted octanol–water partition coefficient (Wildman–Crippen LogP) is 4.91. The first-order valence-electron chi connectivity index (χ1n) is 9.70. The molecular formula is C23H35NO. The lowest BCUT2D eigenvalue weighted by atomic mass is 9.80. The van der Waals surface area contributed by atoms with Crippen molar-refractivity contribution < 1.29 is 5.11 Å². The van der Waals surface area contributed by atoms with Crippen LogP contribution in [0.4, 0.5) is 0 Å². The number of hydrogen-bond acceptors (Lipinski definition) is 2. The molecule has 25 heavy (non-hydrogen) atoms. The van der Waals surface area contributed by atoms with Gasteiger partial charge in [0.25, 0.3) is 0 Å². The lowest BCUT2D eigenvalue weighted by Gasteiger charge is -2.25. The molecule has 0 spiro atoms. The Kier molecular flexibility index (Phi) is 7.46. The maximum atomic E-state index is 7.00. The molecule has 1 fully saturated rings. The summed E-state index contributed by atoms with van der Waals surface area (Å²) in [5.74, 6) is 1.49. The van der Waals surface area contributed by atoms with Crippen molar-refractivity contribution in [3.05, 3.63) is 59.2 Å². The Hall–Kier alpha value is -1.38. The molecule has 1 aromatic rings. The summed E-state index contributed by atoms with van der Waals surface area (Å²) in [5.41, 5.74) is 11.1. The number of hydrogen-bond donors (Lipinski definition) is 2. The van der Waals surface area contributed by atoms with Crippen LogP contribution in [0.1, 0.15) is 68.6 Å². The average molecular weight is 342 g/mol. The van der Waals surface area contributed by atoms with Gasteiger partial charge in [0.05, 0.1) is 0 Å². The molecule has 0 saturated heterocycles. The minimum atomic E-state index is 0.0466. The van der Waals surface area contributed by atoms with E-state index < -0.39 is 0 Å². The van der Waals surface area contributed by atoms with Crippen LogP contribution < -0.4 is 5.73 Å². The zero-order valence-electron chi connectivity index (χ0n) is 16.2. The van der Waals surface area contributed by atoms with Gasteiger partial charge in [-0.1, -0.05) is 42.5 Å². The summed E-state index contributed by atoms with van der Waals surface area (Å²) in [6, 6.07) is 7.27. The van der Waals surface area contributed by atoms with Gasteiger partial charge in [0.15, 0.2) is 0 Å². The molecule has 0 bridgehead atoms. The first-order valence-corrected chi connectivity index (χ1v) is 9.70. The highest BCUT2D eigenvalue weighted by atomic mass is 16.2. The van der Waals surface area contributed by atoms with E-state index in [0.717, 1.165) is 25.9 Å². The lowest BCUT2D eigenvalue weighted by Crippen LogP contribution is -2.32. The smallest absolute Gasteiger partial charge is 0.0319 e. The van der Waals surface area contributed by atoms with Crippen LogP contribution in [0.25, 0.3) is 0 Å². The average Bonchev–Trinajstić information content (AvgIpc) is 3.00. The van der Waals surface area contributed by atoms with E-state index >= 15 is 0 Å². The molecule has 3 rings (SSSR count). The van der Waals surface area contributed by atoms with E-state index in [1.165, 1.54) is 37.7 Å². The SMILES string of the molecule is C/C=C/C=C\C[C@@H]1CCc2cc([C@H]3CC[C@@](C)(N)C3)ccc2C1.CO. The molecule has 2 aliphatic rings. The molecule has 0 radical (unpaired) electrons. The minimum absolute atomic E-state index is 0.0466. The fourth-order valence-electron chi connectivity index (χ4n) is 4.32. The van der Waals surface area contributed by atoms with Crippen LogP contribution in [0.5, 0.6) is 0 Å². The van der Waals surface area contributed by atoms with Gasteiger partial charge in [0.2, 0.25) is 0 Å². The molecule has 138 valence electrons. The normalized spacial score (nSPS) is 28.8. The second-order valence-corrected chi connectivity index (χ2v) is 7.92. The van der Waals surface area contributed by atoms with Crippen LogP contribution in [-0.4, -0.2) is 17.8 Å². The van der Waals surface area contributed by atoms with Crippen molar-refractivity contribution in [2.75, 3.05) is 7.11 Å². The second kappa shape index (κ2) is 9.35. The van der Waals surface area contributed by atoms with Crippen molar-refractivity contribution in [1.29, 1.82) is 0 Å². The Morgan fingerprint density at radius 3 is 2.68 bits per heavy atom. The number of aliphatic hydroxyl groups excluding tert-OH is 1. The van der Waals surface area contributed by atoms with Crippen LogP contribution in [0.3, 0.4) is 0 Å². The van der Waals surface area contributed by atoms with Crippen LogP contribution in [0.2, 0.25) is 0 Å². The third-order valence-corrected chi connectivity index (χ3v) is 5.72. The zero-order valence-corrected chi connectivity index (χ0v) is 16.2. The van der Waals surface area contributed by atoms with Crippen LogP contribution in [0.15, 0.2) is 42.5 Å². The van der Waals surface area contributed by atoms with Crippen molar-refractivity contribution in [1.82, 2.24) is 0 Å². The first-order chi connectivity index (χ1) is 12.1. The van der Waals surface area contributed by atoms with Gasteiger partial charge in [0.1, 0.15) is 0 Å². The molecular weight excluding hydrogens is 306 g/mol. The predicted molar refractivity (Wildman–Crippen MR) is 108 cm³/mol. The number of allylic oxidation sites excluding steroid dienone is 4. The molecule has 2 aliphatic carbocycles. The van der Waals surface area contributed by atoms with E-state index in [2.05, 4.69) is 56.4 Å². The van der Waals surface area contributed by atoms with Crippen molar-refractivity contribution in [2.45, 2.75) is 70.3 Å². The highest BCUT2D eigenvalue weighted by molar-refractivity contribution is 5.36. The van der Waals surface area contributed by atoms with E-state index in [4.69, 9.17) is 10.8 Å². The highest BCUT2D eigenvalue weighted by Gasteiger charge is 2.32. The molecule has 1 saturated carbocycles. The van der Waals surface area contributed by atoms with E-state index in [9.17, 15) is 0 Å². The fourth-order valence-corrected chi connectivity index (χ4v) is 4.32. The number of fused-ring (bicyclic) bond motifs is 1. The van der Waals surface area contributed by atoms with E-state index in [1.54, 1.807) is 11.1 Å². The summed E-state index contributed by atoms with van der Waals surface area (Å²) >= 11 is 0. The van der Waals surface area contributed by atoms with E-state index in [0.29, 0.717) is 5.92 Å². The van der Waals surface area contributed by atoms with Crippen molar-refractivity contribution in [3.63, 3.8) is 0 Å². The molecule has 3 atom stereocenters. The lowest BCUT2D eigenvalue weighted by molar-refractivity contribution is 0.399. The Bertz CT molecular complexity index is 600. The van der Waals surface area contributed by atoms with Crippen molar-refractivity contribution in [2.24, 2.45) is 11.7 Å². The maximum absolute atomic E-state index is 7.00. The summed E-state index contributed by atoms with van der Waals surface area (Å²) in [4.78, 5) is 0. The number of benzene rings is 1. The Morgan fingerprint density at radius 2 is 2.00 bits per heavy atom. The molecule has 0 aliphatic heterocycles. The Morgan fingerprint density at radius 1 is 1.20 bits per heavy atom. The fraction of sp³-hybridized carbons (Fsp3) is 0.565. The third-order valence-electron chi connectivity index (χ3n) is 5.72. The molecule has 2 heteroatoms. The standard InChI is InChI=1S/C22H31N.CH4O/c1-3-4-5-6-7-17-8-9-19-15-20(11-10-18(19)14-17)21-12-13-22(2,23)16-21;1-2/h3-6,10-11,15,17,21H,7-9,12-14,16,23H2,1-2H3;2H,1H3/b4-3+,6-5-;/t17-,21+,22-;/m1./s1. The van der Waals surface area contributed by atoms with Gasteiger partial charge in [-0.25, -0.2) is 0 Å². The summed E-state index contributed by atoms with van der Waals surface area (Å²) in [7, 11) is 1.00. The number of aryl methyl sites for hydroxylation is 1. The Labute approximate surface area is 153 Å². The van der Waals surface area contributed by atoms with Gasteiger partial charge in [-0.05, 0) is 87.3 Å². The van der Waals surface area contributed by atoms with Crippen molar-refractivity contribution >= 4 is 0 Å². The van der Waals surface area contributed by atoms with Gasteiger partial charge in [0, 0.05) is 12.6 Å². The summed E-state index contributed by atoms with van der Waals surface area (Å²) in [6.07, 6.45) is 17.3. The second-order valence-electron chi connectivity index (χ2n) is 7.92. The molecule has 1 aromatic carbocycles. The number of rotatable bonds is 4. The number of aliphatic hydroxyl groups is 1. The van der Waals surface area contributed by atoms with Gasteiger partial charge in [-0.15, -0.1) is 0 Å². The summed E-state index contributed by atoms with van der Waals surface area (Å²) in [6.45, 7) is 4.27. The summed E-state index contributed by atoms with van der Waals surface area (Å²) in [5, 5.41) is 7.00. The van der Waals surface area contributed by atoms with Crippen LogP contribution in [0, 0.1) is 5.92 Å². The molecule has 0 amide bonds. The van der Waals surface area contributed by atoms with Crippen molar-refractivity contribution in [3.8, 4) is 0 Å². The van der Waals surface area contributed by atoms with E-state index in [-0.39, 0.29) is 5.54 Å². The molecule has 2 nitrogen and oxygen atoms in total. The quantitative estimate of drug-likeness (QED) is 0.765. The topological polar surface area (TPSA) is 46.2 Å².